The number of aromatic nitrogens is 3. The zero-order valence-electron chi connectivity index (χ0n) is 13.8. The number of carbonyl (C=O) groups is 1. The Morgan fingerprint density at radius 1 is 1.38 bits per heavy atom. The first-order valence-corrected chi connectivity index (χ1v) is 8.27. The van der Waals surface area contributed by atoms with E-state index in [4.69, 9.17) is 4.74 Å². The quantitative estimate of drug-likeness (QED) is 0.845. The van der Waals surface area contributed by atoms with Crippen LogP contribution in [-0.2, 0) is 17.8 Å². The van der Waals surface area contributed by atoms with Gasteiger partial charge in [0.25, 0.3) is 0 Å². The van der Waals surface area contributed by atoms with Crippen LogP contribution in [0.5, 0.6) is 0 Å². The molecule has 0 bridgehead atoms. The molecule has 3 rings (SSSR count). The number of urea groups is 1. The molecule has 2 N–H and O–H groups in total. The minimum absolute atomic E-state index is 0.0255. The zero-order valence-corrected chi connectivity index (χ0v) is 13.8. The predicted molar refractivity (Wildman–Crippen MR) is 89.4 cm³/mol. The van der Waals surface area contributed by atoms with Crippen LogP contribution in [0.1, 0.15) is 30.9 Å². The summed E-state index contributed by atoms with van der Waals surface area (Å²) < 4.78 is 7.35. The predicted octanol–water partition coefficient (Wildman–Crippen LogP) is 1.69. The lowest BCUT2D eigenvalue weighted by atomic mass is 10.1. The molecule has 1 aliphatic rings. The van der Waals surface area contributed by atoms with Crippen molar-refractivity contribution in [1.29, 1.82) is 0 Å². The first-order valence-electron chi connectivity index (χ1n) is 8.27. The highest BCUT2D eigenvalue weighted by Gasteiger charge is 2.23. The highest BCUT2D eigenvalue weighted by atomic mass is 16.5. The number of nitrogens with zero attached hydrogens (tertiary/aromatic N) is 3. The van der Waals surface area contributed by atoms with Gasteiger partial charge in [0.1, 0.15) is 12.7 Å². The Morgan fingerprint density at radius 2 is 2.17 bits per heavy atom. The zero-order chi connectivity index (χ0) is 16.8. The molecule has 0 aliphatic carbocycles. The standard InChI is InChI=1S/C17H23N5O2/c1-13(16-3-2-8-24-16)21-17(23)19-9-14-4-6-15(7-5-14)10-22-12-18-11-20-22/h4-7,11-13,16H,2-3,8-10H2,1H3,(H2,19,21,23)/t13-,16-/m0/s1. The second-order valence-corrected chi connectivity index (χ2v) is 6.08. The van der Waals surface area contributed by atoms with E-state index in [1.807, 2.05) is 31.2 Å². The summed E-state index contributed by atoms with van der Waals surface area (Å²) >= 11 is 0. The number of hydrogen-bond donors (Lipinski definition) is 2. The highest BCUT2D eigenvalue weighted by molar-refractivity contribution is 5.74. The average molecular weight is 329 g/mol. The van der Waals surface area contributed by atoms with Gasteiger partial charge in [-0.05, 0) is 30.9 Å². The van der Waals surface area contributed by atoms with Gasteiger partial charge in [-0.1, -0.05) is 24.3 Å². The SMILES string of the molecule is C[C@H](NC(=O)NCc1ccc(Cn2cncn2)cc1)[C@@H]1CCCO1. The van der Waals surface area contributed by atoms with Gasteiger partial charge in [0.15, 0.2) is 0 Å². The highest BCUT2D eigenvalue weighted by Crippen LogP contribution is 2.15. The maximum Gasteiger partial charge on any atom is 0.315 e. The molecular formula is C17H23N5O2. The summed E-state index contributed by atoms with van der Waals surface area (Å²) in [4.78, 5) is 15.9. The van der Waals surface area contributed by atoms with E-state index < -0.39 is 0 Å². The van der Waals surface area contributed by atoms with Gasteiger partial charge in [-0.15, -0.1) is 0 Å². The summed E-state index contributed by atoms with van der Waals surface area (Å²) in [6.07, 6.45) is 5.42. The number of carbonyl (C=O) groups excluding carboxylic acids is 1. The van der Waals surface area contributed by atoms with Gasteiger partial charge in [-0.2, -0.15) is 5.10 Å². The lowest BCUT2D eigenvalue weighted by Crippen LogP contribution is -2.45. The maximum absolute atomic E-state index is 12.0. The molecule has 1 aromatic carbocycles. The van der Waals surface area contributed by atoms with Crippen LogP contribution in [-0.4, -0.2) is 39.5 Å². The maximum atomic E-state index is 12.0. The molecule has 128 valence electrons. The van der Waals surface area contributed by atoms with Crippen LogP contribution < -0.4 is 10.6 Å². The molecule has 1 aromatic heterocycles. The molecule has 0 unspecified atom stereocenters. The van der Waals surface area contributed by atoms with Crippen molar-refractivity contribution >= 4 is 6.03 Å². The molecule has 7 nitrogen and oxygen atoms in total. The molecular weight excluding hydrogens is 306 g/mol. The normalized spacial score (nSPS) is 18.3. The lowest BCUT2D eigenvalue weighted by molar-refractivity contribution is 0.0860. The van der Waals surface area contributed by atoms with E-state index in [1.54, 1.807) is 11.0 Å². The monoisotopic (exact) mass is 329 g/mol. The van der Waals surface area contributed by atoms with E-state index in [2.05, 4.69) is 20.7 Å². The third-order valence-electron chi connectivity index (χ3n) is 4.17. The minimum atomic E-state index is -0.162. The summed E-state index contributed by atoms with van der Waals surface area (Å²) in [7, 11) is 0. The Hall–Kier alpha value is -2.41. The van der Waals surface area contributed by atoms with Crippen molar-refractivity contribution < 1.29 is 9.53 Å². The van der Waals surface area contributed by atoms with Crippen LogP contribution in [0.4, 0.5) is 4.79 Å². The van der Waals surface area contributed by atoms with E-state index in [0.29, 0.717) is 13.1 Å². The van der Waals surface area contributed by atoms with Gasteiger partial charge in [0.05, 0.1) is 18.7 Å². The fraction of sp³-hybridized carbons (Fsp3) is 0.471. The summed E-state index contributed by atoms with van der Waals surface area (Å²) in [6, 6.07) is 7.95. The molecule has 0 spiro atoms. The van der Waals surface area contributed by atoms with Crippen molar-refractivity contribution in [3.05, 3.63) is 48.0 Å². The summed E-state index contributed by atoms with van der Waals surface area (Å²) in [5, 5.41) is 9.91. The molecule has 1 fully saturated rings. The van der Waals surface area contributed by atoms with E-state index in [1.165, 1.54) is 6.33 Å². The molecule has 7 heteroatoms. The first-order chi connectivity index (χ1) is 11.7. The minimum Gasteiger partial charge on any atom is -0.376 e. The van der Waals surface area contributed by atoms with Crippen molar-refractivity contribution in [1.82, 2.24) is 25.4 Å². The van der Waals surface area contributed by atoms with Crippen LogP contribution in [0.3, 0.4) is 0 Å². The van der Waals surface area contributed by atoms with E-state index in [9.17, 15) is 4.79 Å². The number of benzene rings is 1. The van der Waals surface area contributed by atoms with Gasteiger partial charge >= 0.3 is 6.03 Å². The van der Waals surface area contributed by atoms with E-state index in [-0.39, 0.29) is 18.2 Å². The van der Waals surface area contributed by atoms with Gasteiger partial charge in [0.2, 0.25) is 0 Å². The molecule has 0 radical (unpaired) electrons. The Balaban J connectivity index is 1.43. The second-order valence-electron chi connectivity index (χ2n) is 6.08. The van der Waals surface area contributed by atoms with Crippen molar-refractivity contribution in [2.24, 2.45) is 0 Å². The van der Waals surface area contributed by atoms with Crippen LogP contribution in [0.15, 0.2) is 36.9 Å². The molecule has 2 atom stereocenters. The number of hydrogen-bond acceptors (Lipinski definition) is 4. The smallest absolute Gasteiger partial charge is 0.315 e. The molecule has 1 saturated heterocycles. The second kappa shape index (κ2) is 7.92. The van der Waals surface area contributed by atoms with Crippen LogP contribution in [0.25, 0.3) is 0 Å². The molecule has 2 aromatic rings. The third kappa shape index (κ3) is 4.55. The van der Waals surface area contributed by atoms with E-state index >= 15 is 0 Å². The Bertz CT molecular complexity index is 636. The number of amides is 2. The van der Waals surface area contributed by atoms with Crippen molar-refractivity contribution in [3.63, 3.8) is 0 Å². The van der Waals surface area contributed by atoms with Crippen LogP contribution in [0, 0.1) is 0 Å². The van der Waals surface area contributed by atoms with Crippen molar-refractivity contribution in [2.45, 2.75) is 45.0 Å². The average Bonchev–Trinajstić information content (AvgIpc) is 3.28. The van der Waals surface area contributed by atoms with Crippen LogP contribution in [0.2, 0.25) is 0 Å². The number of nitrogens with one attached hydrogen (secondary N) is 2. The molecule has 1 aliphatic heterocycles. The summed E-state index contributed by atoms with van der Waals surface area (Å²) in [6.45, 7) is 3.95. The van der Waals surface area contributed by atoms with Gasteiger partial charge in [-0.25, -0.2) is 14.5 Å². The molecule has 2 heterocycles. The first kappa shape index (κ1) is 16.4. The Labute approximate surface area is 141 Å². The van der Waals surface area contributed by atoms with Crippen LogP contribution >= 0.6 is 0 Å². The summed E-state index contributed by atoms with van der Waals surface area (Å²) in [5.41, 5.74) is 2.19. The topological polar surface area (TPSA) is 81.1 Å². The van der Waals surface area contributed by atoms with E-state index in [0.717, 1.165) is 30.6 Å². The van der Waals surface area contributed by atoms with Crippen molar-refractivity contribution in [3.8, 4) is 0 Å². The fourth-order valence-electron chi connectivity index (χ4n) is 2.79. The largest absolute Gasteiger partial charge is 0.376 e. The third-order valence-corrected chi connectivity index (χ3v) is 4.17. The molecule has 24 heavy (non-hydrogen) atoms. The Kier molecular flexibility index (Phi) is 5.43. The van der Waals surface area contributed by atoms with Gasteiger partial charge in [0, 0.05) is 13.2 Å². The van der Waals surface area contributed by atoms with Gasteiger partial charge < -0.3 is 15.4 Å². The summed E-state index contributed by atoms with van der Waals surface area (Å²) in [5.74, 6) is 0. The fourth-order valence-corrected chi connectivity index (χ4v) is 2.79. The van der Waals surface area contributed by atoms with Gasteiger partial charge in [-0.3, -0.25) is 0 Å². The number of ether oxygens (including phenoxy) is 1. The lowest BCUT2D eigenvalue weighted by Gasteiger charge is -2.20. The van der Waals surface area contributed by atoms with Crippen molar-refractivity contribution in [2.75, 3.05) is 6.61 Å². The molecule has 2 amide bonds. The Morgan fingerprint density at radius 3 is 2.83 bits per heavy atom. The molecule has 0 saturated carbocycles. The number of rotatable bonds is 6.